The Morgan fingerprint density at radius 1 is 0.694 bits per heavy atom. The third-order valence-electron chi connectivity index (χ3n) is 4.60. The summed E-state index contributed by atoms with van der Waals surface area (Å²) in [5.41, 5.74) is 1.69. The highest BCUT2D eigenvalue weighted by molar-refractivity contribution is 7.99. The van der Waals surface area contributed by atoms with Crippen molar-refractivity contribution in [1.82, 2.24) is 0 Å². The largest absolute Gasteiger partial charge is 0.456 e. The first-order valence-electron chi connectivity index (χ1n) is 10.9. The molecular weight excluding hydrogens is 502 g/mol. The van der Waals surface area contributed by atoms with Gasteiger partial charge in [-0.3, -0.25) is 19.2 Å². The van der Waals surface area contributed by atoms with E-state index >= 15 is 0 Å². The number of amides is 3. The van der Waals surface area contributed by atoms with Gasteiger partial charge in [-0.2, -0.15) is 0 Å². The molecule has 0 unspecified atom stereocenters. The van der Waals surface area contributed by atoms with Crippen molar-refractivity contribution < 1.29 is 23.9 Å². The molecule has 0 heterocycles. The summed E-state index contributed by atoms with van der Waals surface area (Å²) in [5.74, 6) is -1.71. The molecule has 0 bridgehead atoms. The van der Waals surface area contributed by atoms with Crippen LogP contribution in [-0.4, -0.2) is 30.3 Å². The Morgan fingerprint density at radius 2 is 1.17 bits per heavy atom. The van der Waals surface area contributed by atoms with Gasteiger partial charge in [0.1, 0.15) is 0 Å². The normalized spacial score (nSPS) is 10.3. The number of anilines is 3. The van der Waals surface area contributed by atoms with Crippen molar-refractivity contribution in [1.29, 1.82) is 0 Å². The molecule has 3 aromatic carbocycles. The Labute approximate surface area is 217 Å². The van der Waals surface area contributed by atoms with E-state index in [4.69, 9.17) is 16.3 Å². The quantitative estimate of drug-likeness (QED) is 0.307. The monoisotopic (exact) mass is 525 g/mol. The van der Waals surface area contributed by atoms with Gasteiger partial charge in [0.15, 0.2) is 6.61 Å². The van der Waals surface area contributed by atoms with Crippen molar-refractivity contribution in [2.24, 2.45) is 0 Å². The van der Waals surface area contributed by atoms with Crippen LogP contribution in [0.25, 0.3) is 0 Å². The number of nitrogens with one attached hydrogen (secondary N) is 3. The van der Waals surface area contributed by atoms with Gasteiger partial charge in [-0.05, 0) is 72.8 Å². The summed E-state index contributed by atoms with van der Waals surface area (Å²) in [6, 6.07) is 21.3. The topological polar surface area (TPSA) is 114 Å². The van der Waals surface area contributed by atoms with Crippen molar-refractivity contribution >= 4 is 64.1 Å². The minimum atomic E-state index is -0.656. The minimum Gasteiger partial charge on any atom is -0.456 e. The molecule has 36 heavy (non-hydrogen) atoms. The van der Waals surface area contributed by atoms with Crippen LogP contribution in [0.4, 0.5) is 17.1 Å². The molecule has 0 fully saturated rings. The zero-order chi connectivity index (χ0) is 25.9. The van der Waals surface area contributed by atoms with Crippen LogP contribution in [0.15, 0.2) is 82.6 Å². The summed E-state index contributed by atoms with van der Waals surface area (Å²) in [6.45, 7) is 0.926. The summed E-state index contributed by atoms with van der Waals surface area (Å²) in [6.07, 6.45) is -0.235. The highest BCUT2D eigenvalue weighted by atomic mass is 35.5. The Balaban J connectivity index is 1.34. The predicted molar refractivity (Wildman–Crippen MR) is 140 cm³/mol. The smallest absolute Gasteiger partial charge is 0.306 e. The maximum atomic E-state index is 12.2. The number of halogens is 1. The molecule has 3 aromatic rings. The number of ether oxygens (including phenoxy) is 1. The van der Waals surface area contributed by atoms with E-state index < -0.39 is 18.5 Å². The molecule has 0 aliphatic carbocycles. The zero-order valence-corrected chi connectivity index (χ0v) is 20.9. The third kappa shape index (κ3) is 9.44. The number of carbonyl (C=O) groups excluding carboxylic acids is 4. The summed E-state index contributed by atoms with van der Waals surface area (Å²) >= 11 is 7.47. The van der Waals surface area contributed by atoms with Crippen molar-refractivity contribution in [2.45, 2.75) is 29.6 Å². The minimum absolute atomic E-state index is 0.0770. The van der Waals surface area contributed by atoms with Crippen LogP contribution in [0.5, 0.6) is 0 Å². The standard InChI is InChI=1S/C26H24ClN3O5S/c1-17(31)28-19-4-6-20(7-5-19)30-25(33)16-35-26(34)15-14-24(32)29-21-8-12-23(13-9-21)36-22-10-2-18(27)3-11-22/h2-13H,14-16H2,1H3,(H,28,31)(H,29,32)(H,30,33). The van der Waals surface area contributed by atoms with Gasteiger partial charge in [-0.15, -0.1) is 0 Å². The van der Waals surface area contributed by atoms with Gasteiger partial charge < -0.3 is 20.7 Å². The molecule has 8 nitrogen and oxygen atoms in total. The highest BCUT2D eigenvalue weighted by Crippen LogP contribution is 2.29. The Kier molecular flexibility index (Phi) is 9.91. The molecule has 0 radical (unpaired) electrons. The van der Waals surface area contributed by atoms with Crippen LogP contribution in [0.1, 0.15) is 19.8 Å². The van der Waals surface area contributed by atoms with Crippen LogP contribution in [0.3, 0.4) is 0 Å². The molecule has 3 rings (SSSR count). The van der Waals surface area contributed by atoms with E-state index in [0.717, 1.165) is 9.79 Å². The van der Waals surface area contributed by atoms with E-state index in [9.17, 15) is 19.2 Å². The maximum Gasteiger partial charge on any atom is 0.306 e. The Hall–Kier alpha value is -3.82. The van der Waals surface area contributed by atoms with E-state index in [1.165, 1.54) is 6.92 Å². The van der Waals surface area contributed by atoms with Crippen LogP contribution in [-0.2, 0) is 23.9 Å². The molecule has 0 aliphatic heterocycles. The lowest BCUT2D eigenvalue weighted by molar-refractivity contribution is -0.147. The second kappa shape index (κ2) is 13.3. The zero-order valence-electron chi connectivity index (χ0n) is 19.4. The summed E-state index contributed by atoms with van der Waals surface area (Å²) in [7, 11) is 0. The van der Waals surface area contributed by atoms with Gasteiger partial charge >= 0.3 is 5.97 Å². The van der Waals surface area contributed by atoms with Crippen LogP contribution >= 0.6 is 23.4 Å². The number of esters is 1. The average molecular weight is 526 g/mol. The molecule has 3 N–H and O–H groups in total. The first-order chi connectivity index (χ1) is 17.3. The molecule has 0 atom stereocenters. The lowest BCUT2D eigenvalue weighted by atomic mass is 10.2. The van der Waals surface area contributed by atoms with E-state index in [-0.39, 0.29) is 24.7 Å². The van der Waals surface area contributed by atoms with Crippen molar-refractivity contribution in [3.8, 4) is 0 Å². The fraction of sp³-hybridized carbons (Fsp3) is 0.154. The first kappa shape index (κ1) is 26.8. The summed E-state index contributed by atoms with van der Waals surface area (Å²) in [4.78, 5) is 49.1. The van der Waals surface area contributed by atoms with E-state index in [1.807, 2.05) is 36.4 Å². The van der Waals surface area contributed by atoms with Crippen molar-refractivity contribution in [3.05, 3.63) is 77.8 Å². The molecule has 0 saturated carbocycles. The molecule has 0 aromatic heterocycles. The third-order valence-corrected chi connectivity index (χ3v) is 5.86. The van der Waals surface area contributed by atoms with Crippen molar-refractivity contribution in [2.75, 3.05) is 22.6 Å². The predicted octanol–water partition coefficient (Wildman–Crippen LogP) is 5.35. The van der Waals surface area contributed by atoms with Gasteiger partial charge in [0, 0.05) is 45.2 Å². The van der Waals surface area contributed by atoms with E-state index in [2.05, 4.69) is 16.0 Å². The summed E-state index contributed by atoms with van der Waals surface area (Å²) in [5, 5.41) is 8.61. The molecule has 0 spiro atoms. The number of benzene rings is 3. The molecular formula is C26H24ClN3O5S. The van der Waals surface area contributed by atoms with Crippen LogP contribution < -0.4 is 16.0 Å². The molecule has 186 valence electrons. The fourth-order valence-corrected chi connectivity index (χ4v) is 3.88. The molecule has 0 saturated heterocycles. The Morgan fingerprint density at radius 3 is 1.72 bits per heavy atom. The second-order valence-corrected chi connectivity index (χ2v) is 9.18. The number of hydrogen-bond acceptors (Lipinski definition) is 6. The summed E-state index contributed by atoms with van der Waals surface area (Å²) < 4.78 is 4.93. The lowest BCUT2D eigenvalue weighted by Crippen LogP contribution is -2.21. The van der Waals surface area contributed by atoms with Crippen LogP contribution in [0, 0.1) is 0 Å². The molecule has 3 amide bonds. The molecule has 0 aliphatic rings. The first-order valence-corrected chi connectivity index (χ1v) is 12.1. The van der Waals surface area contributed by atoms with Gasteiger partial charge in [0.05, 0.1) is 6.42 Å². The van der Waals surface area contributed by atoms with Crippen molar-refractivity contribution in [3.63, 3.8) is 0 Å². The number of carbonyl (C=O) groups is 4. The van der Waals surface area contributed by atoms with Crippen LogP contribution in [0.2, 0.25) is 5.02 Å². The van der Waals surface area contributed by atoms with Gasteiger partial charge in [0.2, 0.25) is 11.8 Å². The SMILES string of the molecule is CC(=O)Nc1ccc(NC(=O)COC(=O)CCC(=O)Nc2ccc(Sc3ccc(Cl)cc3)cc2)cc1. The van der Waals surface area contributed by atoms with Gasteiger partial charge in [0.25, 0.3) is 5.91 Å². The van der Waals surface area contributed by atoms with Gasteiger partial charge in [-0.1, -0.05) is 23.4 Å². The number of hydrogen-bond donors (Lipinski definition) is 3. The maximum absolute atomic E-state index is 12.2. The number of rotatable bonds is 10. The highest BCUT2D eigenvalue weighted by Gasteiger charge is 2.11. The van der Waals surface area contributed by atoms with E-state index in [1.54, 1.807) is 48.2 Å². The lowest BCUT2D eigenvalue weighted by Gasteiger charge is -2.08. The fourth-order valence-electron chi connectivity index (χ4n) is 2.94. The average Bonchev–Trinajstić information content (AvgIpc) is 2.85. The van der Waals surface area contributed by atoms with Gasteiger partial charge in [-0.25, -0.2) is 0 Å². The van der Waals surface area contributed by atoms with E-state index in [0.29, 0.717) is 22.1 Å². The molecule has 10 heteroatoms. The Bertz CT molecular complexity index is 1220. The second-order valence-electron chi connectivity index (χ2n) is 7.60.